The van der Waals surface area contributed by atoms with Gasteiger partial charge in [0.2, 0.25) is 0 Å². The molecule has 0 unspecified atom stereocenters. The summed E-state index contributed by atoms with van der Waals surface area (Å²) in [4.78, 5) is 10.7. The van der Waals surface area contributed by atoms with E-state index in [-0.39, 0.29) is 5.02 Å². The summed E-state index contributed by atoms with van der Waals surface area (Å²) in [6, 6.07) is 6.30. The molecule has 0 fully saturated rings. The Balaban J connectivity index is 2.57. The van der Waals surface area contributed by atoms with Crippen molar-refractivity contribution in [1.29, 1.82) is 0 Å². The van der Waals surface area contributed by atoms with Gasteiger partial charge in [0.25, 0.3) is 0 Å². The van der Waals surface area contributed by atoms with E-state index in [0.29, 0.717) is 16.7 Å². The van der Waals surface area contributed by atoms with Crippen LogP contribution < -0.4 is 0 Å². The molecule has 0 aliphatic rings. The van der Waals surface area contributed by atoms with Crippen LogP contribution in [-0.4, -0.2) is 11.1 Å². The van der Waals surface area contributed by atoms with Crippen molar-refractivity contribution in [3.05, 3.63) is 58.1 Å². The minimum Gasteiger partial charge on any atom is -0.478 e. The number of carboxylic acids is 1. The van der Waals surface area contributed by atoms with Gasteiger partial charge in [-0.1, -0.05) is 17.7 Å². The Hall–Kier alpha value is -1.94. The van der Waals surface area contributed by atoms with Gasteiger partial charge in [-0.2, -0.15) is 0 Å². The Morgan fingerprint density at radius 3 is 2.42 bits per heavy atom. The monoisotopic (exact) mass is 282 g/mol. The van der Waals surface area contributed by atoms with E-state index >= 15 is 0 Å². The zero-order valence-corrected chi connectivity index (χ0v) is 10.6. The molecule has 0 aliphatic carbocycles. The Bertz CT molecular complexity index is 669. The maximum absolute atomic E-state index is 13.6. The molecule has 2 aromatic rings. The molecule has 0 heterocycles. The maximum Gasteiger partial charge on any atom is 0.338 e. The van der Waals surface area contributed by atoms with Crippen LogP contribution in [0.5, 0.6) is 0 Å². The lowest BCUT2D eigenvalue weighted by Crippen LogP contribution is -2.00. The molecule has 98 valence electrons. The largest absolute Gasteiger partial charge is 0.478 e. The smallest absolute Gasteiger partial charge is 0.338 e. The summed E-state index contributed by atoms with van der Waals surface area (Å²) in [5, 5.41) is 8.89. The highest BCUT2D eigenvalue weighted by molar-refractivity contribution is 6.33. The summed E-state index contributed by atoms with van der Waals surface area (Å²) in [5.74, 6) is -2.65. The molecule has 0 saturated carbocycles. The molecule has 0 amide bonds. The topological polar surface area (TPSA) is 37.3 Å². The second-order valence-corrected chi connectivity index (χ2v) is 4.49. The van der Waals surface area contributed by atoms with Crippen LogP contribution in [0.2, 0.25) is 5.02 Å². The number of hydrogen-bond acceptors (Lipinski definition) is 1. The first-order chi connectivity index (χ1) is 8.90. The van der Waals surface area contributed by atoms with Crippen LogP contribution in [0.3, 0.4) is 0 Å². The van der Waals surface area contributed by atoms with Gasteiger partial charge in [-0.05, 0) is 42.3 Å². The Kier molecular flexibility index (Phi) is 3.53. The van der Waals surface area contributed by atoms with Crippen molar-refractivity contribution in [3.8, 4) is 11.1 Å². The van der Waals surface area contributed by atoms with Gasteiger partial charge in [-0.3, -0.25) is 0 Å². The third-order valence-electron chi connectivity index (χ3n) is 2.76. The van der Waals surface area contributed by atoms with E-state index in [2.05, 4.69) is 0 Å². The van der Waals surface area contributed by atoms with E-state index in [4.69, 9.17) is 16.7 Å². The van der Waals surface area contributed by atoms with Gasteiger partial charge in [-0.25, -0.2) is 13.6 Å². The zero-order valence-electron chi connectivity index (χ0n) is 9.88. The summed E-state index contributed by atoms with van der Waals surface area (Å²) < 4.78 is 26.9. The highest BCUT2D eigenvalue weighted by Crippen LogP contribution is 2.31. The highest BCUT2D eigenvalue weighted by atomic mass is 35.5. The first-order valence-electron chi connectivity index (χ1n) is 5.39. The Morgan fingerprint density at radius 2 is 1.84 bits per heavy atom. The standard InChI is InChI=1S/C14H9ClF2O2/c1-7-4-10(11(15)6-12(7)16)8-2-3-9(14(18)19)13(17)5-8/h2-6H,1H3,(H,18,19). The van der Waals surface area contributed by atoms with Gasteiger partial charge in [-0.15, -0.1) is 0 Å². The van der Waals surface area contributed by atoms with E-state index < -0.39 is 23.2 Å². The molecule has 19 heavy (non-hydrogen) atoms. The van der Waals surface area contributed by atoms with Crippen molar-refractivity contribution in [2.75, 3.05) is 0 Å². The van der Waals surface area contributed by atoms with E-state index in [1.54, 1.807) is 6.92 Å². The van der Waals surface area contributed by atoms with Crippen molar-refractivity contribution in [1.82, 2.24) is 0 Å². The van der Waals surface area contributed by atoms with Crippen LogP contribution >= 0.6 is 11.6 Å². The van der Waals surface area contributed by atoms with Crippen LogP contribution in [0.15, 0.2) is 30.3 Å². The molecule has 5 heteroatoms. The molecule has 0 atom stereocenters. The van der Waals surface area contributed by atoms with Gasteiger partial charge in [0.05, 0.1) is 10.6 Å². The molecule has 0 bridgehead atoms. The molecule has 0 aliphatic heterocycles. The molecular weight excluding hydrogens is 274 g/mol. The van der Waals surface area contributed by atoms with Crippen LogP contribution in [0.4, 0.5) is 8.78 Å². The minimum absolute atomic E-state index is 0.144. The molecule has 1 N–H and O–H groups in total. The summed E-state index contributed by atoms with van der Waals surface area (Å²) in [5.41, 5.74) is 0.813. The number of aryl methyl sites for hydroxylation is 1. The van der Waals surface area contributed by atoms with Crippen molar-refractivity contribution in [3.63, 3.8) is 0 Å². The first kappa shape index (κ1) is 13.5. The Morgan fingerprint density at radius 1 is 1.16 bits per heavy atom. The fourth-order valence-electron chi connectivity index (χ4n) is 1.73. The van der Waals surface area contributed by atoms with E-state index in [1.165, 1.54) is 12.1 Å². The average molecular weight is 283 g/mol. The Labute approximate surface area is 113 Å². The van der Waals surface area contributed by atoms with Crippen molar-refractivity contribution in [2.45, 2.75) is 6.92 Å². The minimum atomic E-state index is -1.34. The van der Waals surface area contributed by atoms with Gasteiger partial charge in [0.15, 0.2) is 0 Å². The van der Waals surface area contributed by atoms with E-state index in [0.717, 1.165) is 18.2 Å². The fraction of sp³-hybridized carbons (Fsp3) is 0.0714. The third kappa shape index (κ3) is 2.58. The quantitative estimate of drug-likeness (QED) is 0.892. The summed E-state index contributed by atoms with van der Waals surface area (Å²) in [6.07, 6.45) is 0. The SMILES string of the molecule is Cc1cc(-c2ccc(C(=O)O)c(F)c2)c(Cl)cc1F. The predicted molar refractivity (Wildman–Crippen MR) is 68.5 cm³/mol. The lowest BCUT2D eigenvalue weighted by Gasteiger charge is -2.08. The molecular formula is C14H9ClF2O2. The molecule has 2 aromatic carbocycles. The van der Waals surface area contributed by atoms with Gasteiger partial charge in [0.1, 0.15) is 11.6 Å². The zero-order chi connectivity index (χ0) is 14.2. The molecule has 2 nitrogen and oxygen atoms in total. The van der Waals surface area contributed by atoms with Crippen LogP contribution in [0.1, 0.15) is 15.9 Å². The summed E-state index contributed by atoms with van der Waals surface area (Å²) >= 11 is 5.91. The van der Waals surface area contributed by atoms with Crippen LogP contribution in [0, 0.1) is 18.6 Å². The normalized spacial score (nSPS) is 10.5. The van der Waals surface area contributed by atoms with Gasteiger partial charge < -0.3 is 5.11 Å². The van der Waals surface area contributed by atoms with Crippen molar-refractivity contribution < 1.29 is 18.7 Å². The van der Waals surface area contributed by atoms with Crippen LogP contribution in [0.25, 0.3) is 11.1 Å². The lowest BCUT2D eigenvalue weighted by atomic mass is 10.0. The molecule has 0 radical (unpaired) electrons. The third-order valence-corrected chi connectivity index (χ3v) is 3.07. The number of hydrogen-bond donors (Lipinski definition) is 1. The summed E-state index contributed by atoms with van der Waals surface area (Å²) in [7, 11) is 0. The number of carbonyl (C=O) groups is 1. The fourth-order valence-corrected chi connectivity index (χ4v) is 1.99. The maximum atomic E-state index is 13.6. The number of rotatable bonds is 2. The van der Waals surface area contributed by atoms with Crippen molar-refractivity contribution >= 4 is 17.6 Å². The average Bonchev–Trinajstić information content (AvgIpc) is 2.33. The van der Waals surface area contributed by atoms with Crippen molar-refractivity contribution in [2.24, 2.45) is 0 Å². The number of carboxylic acid groups (broad SMARTS) is 1. The predicted octanol–water partition coefficient (Wildman–Crippen LogP) is 4.29. The molecule has 0 aromatic heterocycles. The second kappa shape index (κ2) is 4.97. The van der Waals surface area contributed by atoms with Gasteiger partial charge in [0, 0.05) is 5.56 Å². The molecule has 0 saturated heterocycles. The summed E-state index contributed by atoms with van der Waals surface area (Å²) in [6.45, 7) is 1.57. The van der Waals surface area contributed by atoms with Gasteiger partial charge >= 0.3 is 5.97 Å². The number of halogens is 3. The molecule has 0 spiro atoms. The van der Waals surface area contributed by atoms with E-state index in [1.807, 2.05) is 0 Å². The molecule has 2 rings (SSSR count). The number of benzene rings is 2. The highest BCUT2D eigenvalue weighted by Gasteiger charge is 2.13. The lowest BCUT2D eigenvalue weighted by molar-refractivity contribution is 0.0692. The first-order valence-corrected chi connectivity index (χ1v) is 5.77. The van der Waals surface area contributed by atoms with E-state index in [9.17, 15) is 13.6 Å². The number of aromatic carboxylic acids is 1. The second-order valence-electron chi connectivity index (χ2n) is 4.08. The van der Waals surface area contributed by atoms with Crippen LogP contribution in [-0.2, 0) is 0 Å².